The maximum atomic E-state index is 12.7. The fourth-order valence-corrected chi connectivity index (χ4v) is 3.46. The summed E-state index contributed by atoms with van der Waals surface area (Å²) in [6.07, 6.45) is 3.49. The van der Waals surface area contributed by atoms with E-state index in [0.717, 1.165) is 27.8 Å². The highest BCUT2D eigenvalue weighted by Gasteiger charge is 2.19. The molecule has 0 radical (unpaired) electrons. The molecule has 0 fully saturated rings. The number of imidazole rings is 1. The minimum atomic E-state index is -0.0761. The molecular formula is C19H20BrN3O. The van der Waals surface area contributed by atoms with Crippen molar-refractivity contribution in [3.05, 3.63) is 69.6 Å². The quantitative estimate of drug-likeness (QED) is 0.722. The Morgan fingerprint density at radius 3 is 2.75 bits per heavy atom. The summed E-state index contributed by atoms with van der Waals surface area (Å²) in [4.78, 5) is 17.3. The van der Waals surface area contributed by atoms with Crippen molar-refractivity contribution in [2.45, 2.75) is 26.7 Å². The predicted molar refractivity (Wildman–Crippen MR) is 99.5 cm³/mol. The van der Waals surface area contributed by atoms with Gasteiger partial charge in [0.1, 0.15) is 5.69 Å². The highest BCUT2D eigenvalue weighted by molar-refractivity contribution is 9.10. The van der Waals surface area contributed by atoms with Gasteiger partial charge in [-0.15, -0.1) is 0 Å². The first-order valence-electron chi connectivity index (χ1n) is 8.09. The largest absolute Gasteiger partial charge is 0.350 e. The van der Waals surface area contributed by atoms with E-state index in [0.29, 0.717) is 18.7 Å². The van der Waals surface area contributed by atoms with Gasteiger partial charge in [0.15, 0.2) is 5.65 Å². The molecule has 3 rings (SSSR count). The number of hydrogen-bond acceptors (Lipinski definition) is 2. The van der Waals surface area contributed by atoms with Crippen LogP contribution in [0.3, 0.4) is 0 Å². The van der Waals surface area contributed by atoms with Gasteiger partial charge in [-0.05, 0) is 52.9 Å². The highest BCUT2D eigenvalue weighted by atomic mass is 79.9. The van der Waals surface area contributed by atoms with Crippen LogP contribution in [0.4, 0.5) is 0 Å². The van der Waals surface area contributed by atoms with Gasteiger partial charge < -0.3 is 5.32 Å². The van der Waals surface area contributed by atoms with Crippen molar-refractivity contribution in [2.24, 2.45) is 0 Å². The van der Waals surface area contributed by atoms with Crippen molar-refractivity contribution < 1.29 is 4.79 Å². The lowest BCUT2D eigenvalue weighted by Gasteiger charge is -2.08. The van der Waals surface area contributed by atoms with Gasteiger partial charge in [0.25, 0.3) is 5.91 Å². The maximum absolute atomic E-state index is 12.7. The van der Waals surface area contributed by atoms with Gasteiger partial charge in [-0.25, -0.2) is 4.98 Å². The zero-order chi connectivity index (χ0) is 17.1. The van der Waals surface area contributed by atoms with Gasteiger partial charge in [0.05, 0.1) is 10.2 Å². The lowest BCUT2D eigenvalue weighted by Crippen LogP contribution is -2.27. The summed E-state index contributed by atoms with van der Waals surface area (Å²) in [5, 5.41) is 3.02. The second-order valence-electron chi connectivity index (χ2n) is 5.81. The van der Waals surface area contributed by atoms with Crippen LogP contribution in [0.5, 0.6) is 0 Å². The Hall–Kier alpha value is -2.14. The normalized spacial score (nSPS) is 11.0. The fourth-order valence-electron chi connectivity index (χ4n) is 2.81. The molecule has 3 aromatic rings. The standard InChI is InChI=1S/C19H20BrN3O/c1-3-16-17(23-12-13(2)11-15(20)18(23)22-16)19(24)21-10-9-14-7-5-4-6-8-14/h4-8,11-12H,3,9-10H2,1-2H3,(H,21,24). The maximum Gasteiger partial charge on any atom is 0.270 e. The molecule has 24 heavy (non-hydrogen) atoms. The molecule has 1 aromatic carbocycles. The number of carbonyl (C=O) groups is 1. The SMILES string of the molecule is CCc1nc2c(Br)cc(C)cn2c1C(=O)NCCc1ccccc1. The topological polar surface area (TPSA) is 46.4 Å². The zero-order valence-electron chi connectivity index (χ0n) is 13.8. The van der Waals surface area contributed by atoms with Crippen molar-refractivity contribution in [3.63, 3.8) is 0 Å². The van der Waals surface area contributed by atoms with Crippen molar-refractivity contribution >= 4 is 27.5 Å². The fraction of sp³-hybridized carbons (Fsp3) is 0.263. The molecule has 5 heteroatoms. The molecule has 0 saturated carbocycles. The molecule has 0 saturated heterocycles. The summed E-state index contributed by atoms with van der Waals surface area (Å²) < 4.78 is 2.79. The number of benzene rings is 1. The summed E-state index contributed by atoms with van der Waals surface area (Å²) in [6, 6.07) is 12.2. The summed E-state index contributed by atoms with van der Waals surface area (Å²) >= 11 is 3.54. The van der Waals surface area contributed by atoms with Gasteiger partial charge in [0, 0.05) is 12.7 Å². The van der Waals surface area contributed by atoms with E-state index in [4.69, 9.17) is 0 Å². The van der Waals surface area contributed by atoms with Crippen LogP contribution in [-0.2, 0) is 12.8 Å². The number of aromatic nitrogens is 2. The molecule has 0 bridgehead atoms. The van der Waals surface area contributed by atoms with E-state index in [-0.39, 0.29) is 5.91 Å². The van der Waals surface area contributed by atoms with Crippen LogP contribution in [0.2, 0.25) is 0 Å². The molecule has 4 nitrogen and oxygen atoms in total. The number of fused-ring (bicyclic) bond motifs is 1. The number of carbonyl (C=O) groups excluding carboxylic acids is 1. The number of halogens is 1. The van der Waals surface area contributed by atoms with Crippen molar-refractivity contribution in [3.8, 4) is 0 Å². The third-order valence-electron chi connectivity index (χ3n) is 3.98. The van der Waals surface area contributed by atoms with Crippen molar-refractivity contribution in [1.82, 2.24) is 14.7 Å². The van der Waals surface area contributed by atoms with Gasteiger partial charge in [-0.1, -0.05) is 37.3 Å². The average molecular weight is 386 g/mol. The molecule has 2 heterocycles. The second kappa shape index (κ2) is 7.18. The van der Waals surface area contributed by atoms with Gasteiger partial charge in [-0.2, -0.15) is 0 Å². The first-order chi connectivity index (χ1) is 11.6. The molecule has 0 aliphatic heterocycles. The Morgan fingerprint density at radius 2 is 2.04 bits per heavy atom. The molecule has 0 unspecified atom stereocenters. The lowest BCUT2D eigenvalue weighted by atomic mass is 10.1. The molecule has 2 aromatic heterocycles. The minimum Gasteiger partial charge on any atom is -0.350 e. The summed E-state index contributed by atoms with van der Waals surface area (Å²) in [7, 11) is 0. The minimum absolute atomic E-state index is 0.0761. The number of nitrogens with one attached hydrogen (secondary N) is 1. The van der Waals surface area contributed by atoms with Crippen molar-refractivity contribution in [1.29, 1.82) is 0 Å². The summed E-state index contributed by atoms with van der Waals surface area (Å²) in [5.41, 5.74) is 4.52. The van der Waals surface area contributed by atoms with Gasteiger partial charge in [0.2, 0.25) is 0 Å². The highest BCUT2D eigenvalue weighted by Crippen LogP contribution is 2.23. The molecule has 0 spiro atoms. The Balaban J connectivity index is 1.83. The van der Waals surface area contributed by atoms with Crippen LogP contribution in [0.15, 0.2) is 47.1 Å². The number of rotatable bonds is 5. The number of aryl methyl sites for hydroxylation is 2. The first-order valence-corrected chi connectivity index (χ1v) is 8.88. The van der Waals surface area contributed by atoms with E-state index in [1.807, 2.05) is 48.7 Å². The predicted octanol–water partition coefficient (Wildman–Crippen LogP) is 3.94. The lowest BCUT2D eigenvalue weighted by molar-refractivity contribution is 0.0947. The van der Waals surface area contributed by atoms with E-state index >= 15 is 0 Å². The molecule has 1 amide bonds. The van der Waals surface area contributed by atoms with Gasteiger partial charge in [-0.3, -0.25) is 9.20 Å². The number of nitrogens with zero attached hydrogens (tertiary/aromatic N) is 2. The molecule has 0 aliphatic carbocycles. The van der Waals surface area contributed by atoms with E-state index < -0.39 is 0 Å². The second-order valence-corrected chi connectivity index (χ2v) is 6.67. The average Bonchev–Trinajstić information content (AvgIpc) is 2.94. The van der Waals surface area contributed by atoms with Crippen LogP contribution < -0.4 is 5.32 Å². The molecule has 0 aliphatic rings. The number of pyridine rings is 1. The van der Waals surface area contributed by atoms with Crippen LogP contribution in [-0.4, -0.2) is 21.8 Å². The third-order valence-corrected chi connectivity index (χ3v) is 4.56. The Kier molecular flexibility index (Phi) is 5.00. The van der Waals surface area contributed by atoms with E-state index in [1.54, 1.807) is 0 Å². The molecule has 1 N–H and O–H groups in total. The van der Waals surface area contributed by atoms with Crippen molar-refractivity contribution in [2.75, 3.05) is 6.54 Å². The zero-order valence-corrected chi connectivity index (χ0v) is 15.4. The third kappa shape index (κ3) is 3.36. The monoisotopic (exact) mass is 385 g/mol. The number of amides is 1. The number of hydrogen-bond donors (Lipinski definition) is 1. The summed E-state index contributed by atoms with van der Waals surface area (Å²) in [5.74, 6) is -0.0761. The Labute approximate surface area is 150 Å². The first kappa shape index (κ1) is 16.7. The van der Waals surface area contributed by atoms with E-state index in [1.165, 1.54) is 5.56 Å². The summed E-state index contributed by atoms with van der Waals surface area (Å²) in [6.45, 7) is 4.63. The molecule has 124 valence electrons. The van der Waals surface area contributed by atoms with Crippen LogP contribution >= 0.6 is 15.9 Å². The molecule has 0 atom stereocenters. The smallest absolute Gasteiger partial charge is 0.270 e. The Morgan fingerprint density at radius 1 is 1.29 bits per heavy atom. The van der Waals surface area contributed by atoms with E-state index in [2.05, 4.69) is 38.4 Å². The van der Waals surface area contributed by atoms with Crippen LogP contribution in [0, 0.1) is 6.92 Å². The Bertz CT molecular complexity index is 871. The van der Waals surface area contributed by atoms with Crippen LogP contribution in [0.1, 0.15) is 34.2 Å². The van der Waals surface area contributed by atoms with Gasteiger partial charge >= 0.3 is 0 Å². The molecular weight excluding hydrogens is 366 g/mol. The van der Waals surface area contributed by atoms with Crippen LogP contribution in [0.25, 0.3) is 5.65 Å². The van der Waals surface area contributed by atoms with E-state index in [9.17, 15) is 4.79 Å².